The first-order valence-corrected chi connectivity index (χ1v) is 3.32. The van der Waals surface area contributed by atoms with E-state index in [1.165, 1.54) is 0 Å². The summed E-state index contributed by atoms with van der Waals surface area (Å²) in [7, 11) is 1.75. The van der Waals surface area contributed by atoms with Gasteiger partial charge in [0.25, 0.3) is 0 Å². The van der Waals surface area contributed by atoms with Gasteiger partial charge < -0.3 is 10.5 Å². The lowest BCUT2D eigenvalue weighted by atomic mass is 10.3. The minimum absolute atomic E-state index is 0.425. The summed E-state index contributed by atoms with van der Waals surface area (Å²) in [5.41, 5.74) is 5.42. The number of hydrogen-bond acceptors (Lipinski definition) is 3. The number of nitrogens with zero attached hydrogens (tertiary/aromatic N) is 1. The second-order valence-electron chi connectivity index (χ2n) is 2.41. The molecule has 0 amide bonds. The van der Waals surface area contributed by atoms with Gasteiger partial charge in [0.05, 0.1) is 6.10 Å². The van der Waals surface area contributed by atoms with Crippen molar-refractivity contribution in [2.75, 3.05) is 26.9 Å². The Morgan fingerprint density at radius 3 is 2.89 bits per heavy atom. The highest BCUT2D eigenvalue weighted by atomic mass is 16.5. The molecule has 0 aliphatic carbocycles. The highest BCUT2D eigenvalue weighted by Gasteiger charge is 2.19. The highest BCUT2D eigenvalue weighted by Crippen LogP contribution is 2.09. The average molecular weight is 130 g/mol. The van der Waals surface area contributed by atoms with E-state index in [1.54, 1.807) is 7.11 Å². The summed E-state index contributed by atoms with van der Waals surface area (Å²) in [6.07, 6.45) is 1.56. The Morgan fingerprint density at radius 2 is 2.56 bits per heavy atom. The lowest BCUT2D eigenvalue weighted by molar-refractivity contribution is 0.108. The van der Waals surface area contributed by atoms with E-state index in [0.29, 0.717) is 12.8 Å². The van der Waals surface area contributed by atoms with E-state index in [4.69, 9.17) is 10.5 Å². The van der Waals surface area contributed by atoms with Gasteiger partial charge in [-0.3, -0.25) is 4.90 Å². The molecular formula is C6H14N2O. The fraction of sp³-hybridized carbons (Fsp3) is 1.00. The quantitative estimate of drug-likeness (QED) is 0.554. The Kier molecular flexibility index (Phi) is 2.45. The monoisotopic (exact) mass is 130 g/mol. The molecule has 1 fully saturated rings. The van der Waals surface area contributed by atoms with Crippen LogP contribution in [0.1, 0.15) is 6.42 Å². The van der Waals surface area contributed by atoms with Gasteiger partial charge in [0, 0.05) is 26.9 Å². The third kappa shape index (κ3) is 1.64. The maximum atomic E-state index is 5.42. The number of ether oxygens (including phenoxy) is 1. The van der Waals surface area contributed by atoms with Crippen LogP contribution in [0.5, 0.6) is 0 Å². The van der Waals surface area contributed by atoms with Crippen LogP contribution < -0.4 is 5.73 Å². The molecule has 2 N–H and O–H groups in total. The highest BCUT2D eigenvalue weighted by molar-refractivity contribution is 4.73. The second-order valence-corrected chi connectivity index (χ2v) is 2.41. The van der Waals surface area contributed by atoms with Crippen molar-refractivity contribution in [3.05, 3.63) is 0 Å². The smallest absolute Gasteiger partial charge is 0.0710 e. The molecule has 1 aliphatic heterocycles. The zero-order chi connectivity index (χ0) is 6.69. The van der Waals surface area contributed by atoms with Gasteiger partial charge in [-0.25, -0.2) is 0 Å². The summed E-state index contributed by atoms with van der Waals surface area (Å²) in [6.45, 7) is 2.77. The molecule has 1 aliphatic rings. The van der Waals surface area contributed by atoms with E-state index in [9.17, 15) is 0 Å². The molecule has 0 saturated carbocycles. The zero-order valence-corrected chi connectivity index (χ0v) is 5.84. The van der Waals surface area contributed by atoms with E-state index in [-0.39, 0.29) is 0 Å². The summed E-state index contributed by atoms with van der Waals surface area (Å²) in [4.78, 5) is 2.19. The minimum atomic E-state index is 0.425. The number of hydrogen-bond donors (Lipinski definition) is 1. The predicted octanol–water partition coefficient (Wildman–Crippen LogP) is -0.377. The van der Waals surface area contributed by atoms with Crippen molar-refractivity contribution in [2.24, 2.45) is 5.73 Å². The normalized spacial score (nSPS) is 29.3. The first-order chi connectivity index (χ1) is 4.36. The van der Waals surface area contributed by atoms with Crippen molar-refractivity contribution in [1.82, 2.24) is 4.90 Å². The summed E-state index contributed by atoms with van der Waals surface area (Å²) in [6, 6.07) is 0. The number of nitrogens with two attached hydrogens (primary N) is 1. The van der Waals surface area contributed by atoms with E-state index in [2.05, 4.69) is 4.90 Å². The number of likely N-dealkylation sites (tertiary alicyclic amines) is 1. The average Bonchev–Trinajstić information content (AvgIpc) is 2.34. The van der Waals surface area contributed by atoms with Crippen molar-refractivity contribution in [1.29, 1.82) is 0 Å². The molecule has 0 aromatic heterocycles. The molecule has 0 aromatic rings. The van der Waals surface area contributed by atoms with Crippen LogP contribution in [0, 0.1) is 0 Å². The molecule has 0 spiro atoms. The summed E-state index contributed by atoms with van der Waals surface area (Å²) in [5.74, 6) is 0. The fourth-order valence-corrected chi connectivity index (χ4v) is 1.16. The van der Waals surface area contributed by atoms with Crippen LogP contribution >= 0.6 is 0 Å². The van der Waals surface area contributed by atoms with E-state index >= 15 is 0 Å². The first-order valence-electron chi connectivity index (χ1n) is 3.32. The molecule has 3 heteroatoms. The van der Waals surface area contributed by atoms with Gasteiger partial charge in [0.1, 0.15) is 0 Å². The van der Waals surface area contributed by atoms with Gasteiger partial charge in [0.2, 0.25) is 0 Å². The number of methoxy groups -OCH3 is 1. The maximum absolute atomic E-state index is 5.42. The van der Waals surface area contributed by atoms with Crippen molar-refractivity contribution in [2.45, 2.75) is 12.5 Å². The summed E-state index contributed by atoms with van der Waals surface area (Å²) < 4.78 is 5.15. The van der Waals surface area contributed by atoms with Crippen LogP contribution in [0.25, 0.3) is 0 Å². The molecule has 1 heterocycles. The zero-order valence-electron chi connectivity index (χ0n) is 5.84. The van der Waals surface area contributed by atoms with E-state index < -0.39 is 0 Å². The van der Waals surface area contributed by atoms with E-state index in [1.807, 2.05) is 0 Å². The predicted molar refractivity (Wildman–Crippen MR) is 36.0 cm³/mol. The molecular weight excluding hydrogens is 116 g/mol. The van der Waals surface area contributed by atoms with Gasteiger partial charge in [-0.2, -0.15) is 0 Å². The minimum Gasteiger partial charge on any atom is -0.380 e. The van der Waals surface area contributed by atoms with Gasteiger partial charge in [-0.05, 0) is 6.42 Å². The lowest BCUT2D eigenvalue weighted by Gasteiger charge is -2.10. The maximum Gasteiger partial charge on any atom is 0.0710 e. The lowest BCUT2D eigenvalue weighted by Crippen LogP contribution is -2.28. The molecule has 9 heavy (non-hydrogen) atoms. The van der Waals surface area contributed by atoms with Crippen LogP contribution in [0.2, 0.25) is 0 Å². The van der Waals surface area contributed by atoms with Crippen molar-refractivity contribution in [3.63, 3.8) is 0 Å². The van der Waals surface area contributed by atoms with Crippen LogP contribution in [0.15, 0.2) is 0 Å². The Hall–Kier alpha value is -0.120. The Bertz CT molecular complexity index is 77.1. The molecule has 1 saturated heterocycles. The molecule has 1 unspecified atom stereocenters. The van der Waals surface area contributed by atoms with Crippen LogP contribution in [-0.2, 0) is 4.74 Å². The van der Waals surface area contributed by atoms with Crippen LogP contribution in [0.3, 0.4) is 0 Å². The molecule has 0 aromatic carbocycles. The SMILES string of the molecule is COC1CCN(CN)C1. The van der Waals surface area contributed by atoms with Crippen LogP contribution in [0.4, 0.5) is 0 Å². The molecule has 0 bridgehead atoms. The standard InChI is InChI=1S/C6H14N2O/c1-9-6-2-3-8(4-6)5-7/h6H,2-5,7H2,1H3. The van der Waals surface area contributed by atoms with Crippen molar-refractivity contribution >= 4 is 0 Å². The van der Waals surface area contributed by atoms with Gasteiger partial charge >= 0.3 is 0 Å². The first kappa shape index (κ1) is 6.99. The third-order valence-electron chi connectivity index (χ3n) is 1.82. The molecule has 0 radical (unpaired) electrons. The van der Waals surface area contributed by atoms with Gasteiger partial charge in [0.15, 0.2) is 0 Å². The largest absolute Gasteiger partial charge is 0.380 e. The van der Waals surface area contributed by atoms with Gasteiger partial charge in [-0.15, -0.1) is 0 Å². The Balaban J connectivity index is 2.20. The second kappa shape index (κ2) is 3.15. The number of rotatable bonds is 2. The van der Waals surface area contributed by atoms with Crippen LogP contribution in [-0.4, -0.2) is 37.9 Å². The molecule has 1 rings (SSSR count). The Morgan fingerprint density at radius 1 is 1.78 bits per heavy atom. The third-order valence-corrected chi connectivity index (χ3v) is 1.82. The van der Waals surface area contributed by atoms with E-state index in [0.717, 1.165) is 19.5 Å². The van der Waals surface area contributed by atoms with Crippen molar-refractivity contribution < 1.29 is 4.74 Å². The topological polar surface area (TPSA) is 38.5 Å². The molecule has 54 valence electrons. The molecule has 1 atom stereocenters. The van der Waals surface area contributed by atoms with Gasteiger partial charge in [-0.1, -0.05) is 0 Å². The summed E-state index contributed by atoms with van der Waals surface area (Å²) in [5, 5.41) is 0. The fourth-order valence-electron chi connectivity index (χ4n) is 1.16. The van der Waals surface area contributed by atoms with Crippen molar-refractivity contribution in [3.8, 4) is 0 Å². The molecule has 3 nitrogen and oxygen atoms in total. The summed E-state index contributed by atoms with van der Waals surface area (Å²) >= 11 is 0. The Labute approximate surface area is 55.8 Å².